The number of carbonyl (C=O) groups is 1. The Morgan fingerprint density at radius 3 is 2.36 bits per heavy atom. The third kappa shape index (κ3) is 1.86. The highest BCUT2D eigenvalue weighted by atomic mass is 16.2. The minimum Gasteiger partial charge on any atom is -0.336 e. The van der Waals surface area contributed by atoms with Gasteiger partial charge in [-0.05, 0) is 38.5 Å². The summed E-state index contributed by atoms with van der Waals surface area (Å²) in [5.74, 6) is 1.60. The summed E-state index contributed by atoms with van der Waals surface area (Å²) in [6.07, 6.45) is 4.03. The number of nitrogens with one attached hydrogen (secondary N) is 1. The summed E-state index contributed by atoms with van der Waals surface area (Å²) in [5, 5.41) is 2.96. The first kappa shape index (κ1) is 9.81. The van der Waals surface area contributed by atoms with E-state index in [0.29, 0.717) is 0 Å². The van der Waals surface area contributed by atoms with E-state index in [1.54, 1.807) is 0 Å². The second-order valence-electron chi connectivity index (χ2n) is 4.96. The first-order valence-corrected chi connectivity index (χ1v) is 5.72. The maximum absolute atomic E-state index is 11.7. The van der Waals surface area contributed by atoms with Crippen LogP contribution >= 0.6 is 0 Å². The van der Waals surface area contributed by atoms with Crippen molar-refractivity contribution in [2.24, 2.45) is 11.8 Å². The molecule has 3 heteroatoms. The molecule has 1 aliphatic heterocycles. The SMILES string of the molecule is CC(C)NC(=O)N1CC2CCCC2C1. The van der Waals surface area contributed by atoms with Crippen LogP contribution in [0.3, 0.4) is 0 Å². The number of fused-ring (bicyclic) bond motifs is 1. The second-order valence-corrected chi connectivity index (χ2v) is 4.96. The predicted octanol–water partition coefficient (Wildman–Crippen LogP) is 1.84. The van der Waals surface area contributed by atoms with E-state index in [1.165, 1.54) is 19.3 Å². The van der Waals surface area contributed by atoms with Gasteiger partial charge < -0.3 is 10.2 Å². The van der Waals surface area contributed by atoms with Gasteiger partial charge in [0.05, 0.1) is 0 Å². The Morgan fingerprint density at radius 1 is 1.29 bits per heavy atom. The lowest BCUT2D eigenvalue weighted by molar-refractivity contribution is 0.202. The number of carbonyl (C=O) groups excluding carboxylic acids is 1. The quantitative estimate of drug-likeness (QED) is 0.682. The van der Waals surface area contributed by atoms with E-state index in [9.17, 15) is 4.79 Å². The van der Waals surface area contributed by atoms with Crippen LogP contribution in [0.1, 0.15) is 33.1 Å². The van der Waals surface area contributed by atoms with Gasteiger partial charge in [-0.2, -0.15) is 0 Å². The fourth-order valence-electron chi connectivity index (χ4n) is 2.74. The van der Waals surface area contributed by atoms with Crippen LogP contribution in [-0.4, -0.2) is 30.1 Å². The van der Waals surface area contributed by atoms with E-state index in [2.05, 4.69) is 5.32 Å². The Hall–Kier alpha value is -0.730. The number of hydrogen-bond donors (Lipinski definition) is 1. The van der Waals surface area contributed by atoms with Crippen LogP contribution in [0.2, 0.25) is 0 Å². The Labute approximate surface area is 85.8 Å². The lowest BCUT2D eigenvalue weighted by atomic mass is 10.0. The van der Waals surface area contributed by atoms with E-state index in [1.807, 2.05) is 18.7 Å². The molecule has 3 nitrogen and oxygen atoms in total. The summed E-state index contributed by atoms with van der Waals surface area (Å²) in [4.78, 5) is 13.7. The zero-order valence-electron chi connectivity index (χ0n) is 9.12. The summed E-state index contributed by atoms with van der Waals surface area (Å²) >= 11 is 0. The largest absolute Gasteiger partial charge is 0.336 e. The number of amides is 2. The topological polar surface area (TPSA) is 32.3 Å². The van der Waals surface area contributed by atoms with Gasteiger partial charge in [-0.15, -0.1) is 0 Å². The molecule has 0 spiro atoms. The molecule has 0 aromatic rings. The zero-order valence-corrected chi connectivity index (χ0v) is 9.12. The molecule has 2 fully saturated rings. The Bertz CT molecular complexity index is 215. The molecular formula is C11H20N2O. The Balaban J connectivity index is 1.86. The maximum atomic E-state index is 11.7. The van der Waals surface area contributed by atoms with Gasteiger partial charge in [0.15, 0.2) is 0 Å². The van der Waals surface area contributed by atoms with Crippen molar-refractivity contribution in [3.8, 4) is 0 Å². The molecule has 2 amide bonds. The maximum Gasteiger partial charge on any atom is 0.317 e. The summed E-state index contributed by atoms with van der Waals surface area (Å²) in [6, 6.07) is 0.386. The molecule has 0 radical (unpaired) electrons. The van der Waals surface area contributed by atoms with Crippen molar-refractivity contribution in [1.82, 2.24) is 10.2 Å². The first-order chi connectivity index (χ1) is 6.66. The highest BCUT2D eigenvalue weighted by molar-refractivity contribution is 5.74. The average Bonchev–Trinajstić information content (AvgIpc) is 2.58. The van der Waals surface area contributed by atoms with E-state index < -0.39 is 0 Å². The fourth-order valence-corrected chi connectivity index (χ4v) is 2.74. The van der Waals surface area contributed by atoms with E-state index in [4.69, 9.17) is 0 Å². The molecule has 2 atom stereocenters. The minimum absolute atomic E-state index is 0.134. The molecule has 0 aromatic heterocycles. The van der Waals surface area contributed by atoms with Crippen LogP contribution in [0.25, 0.3) is 0 Å². The van der Waals surface area contributed by atoms with Gasteiger partial charge in [0.2, 0.25) is 0 Å². The van der Waals surface area contributed by atoms with Crippen molar-refractivity contribution >= 4 is 6.03 Å². The summed E-state index contributed by atoms with van der Waals surface area (Å²) in [5.41, 5.74) is 0. The number of rotatable bonds is 1. The van der Waals surface area contributed by atoms with Crippen molar-refractivity contribution < 1.29 is 4.79 Å². The molecule has 0 bridgehead atoms. The van der Waals surface area contributed by atoms with Crippen LogP contribution < -0.4 is 5.32 Å². The van der Waals surface area contributed by atoms with Crippen LogP contribution in [0.4, 0.5) is 4.79 Å². The normalized spacial score (nSPS) is 30.9. The average molecular weight is 196 g/mol. The molecule has 1 saturated heterocycles. The first-order valence-electron chi connectivity index (χ1n) is 5.72. The van der Waals surface area contributed by atoms with Crippen molar-refractivity contribution in [3.05, 3.63) is 0 Å². The van der Waals surface area contributed by atoms with Gasteiger partial charge in [-0.1, -0.05) is 6.42 Å². The molecule has 2 aliphatic rings. The van der Waals surface area contributed by atoms with Crippen LogP contribution in [-0.2, 0) is 0 Å². The third-order valence-corrected chi connectivity index (χ3v) is 3.43. The van der Waals surface area contributed by atoms with E-state index in [-0.39, 0.29) is 12.1 Å². The van der Waals surface area contributed by atoms with E-state index in [0.717, 1.165) is 24.9 Å². The highest BCUT2D eigenvalue weighted by Crippen LogP contribution is 2.37. The minimum atomic E-state index is 0.134. The van der Waals surface area contributed by atoms with Crippen molar-refractivity contribution in [2.75, 3.05) is 13.1 Å². The molecule has 1 N–H and O–H groups in total. The standard InChI is InChI=1S/C11H20N2O/c1-8(2)12-11(14)13-6-9-4-3-5-10(9)7-13/h8-10H,3-7H2,1-2H3,(H,12,14). The molecular weight excluding hydrogens is 176 g/mol. The van der Waals surface area contributed by atoms with Gasteiger partial charge in [-0.25, -0.2) is 4.79 Å². The van der Waals surface area contributed by atoms with Crippen LogP contribution in [0.15, 0.2) is 0 Å². The monoisotopic (exact) mass is 196 g/mol. The Kier molecular flexibility index (Phi) is 2.66. The van der Waals surface area contributed by atoms with Gasteiger partial charge in [0, 0.05) is 19.1 Å². The van der Waals surface area contributed by atoms with Crippen molar-refractivity contribution in [3.63, 3.8) is 0 Å². The summed E-state index contributed by atoms with van der Waals surface area (Å²) < 4.78 is 0. The molecule has 1 aliphatic carbocycles. The molecule has 2 unspecified atom stereocenters. The number of urea groups is 1. The fraction of sp³-hybridized carbons (Fsp3) is 0.909. The van der Waals surface area contributed by atoms with Gasteiger partial charge in [0.1, 0.15) is 0 Å². The lowest BCUT2D eigenvalue weighted by Crippen LogP contribution is -2.42. The highest BCUT2D eigenvalue weighted by Gasteiger charge is 2.37. The molecule has 1 saturated carbocycles. The zero-order chi connectivity index (χ0) is 10.1. The Morgan fingerprint density at radius 2 is 1.86 bits per heavy atom. The molecule has 14 heavy (non-hydrogen) atoms. The second kappa shape index (κ2) is 3.79. The molecule has 1 heterocycles. The molecule has 2 rings (SSSR count). The number of likely N-dealkylation sites (tertiary alicyclic amines) is 1. The van der Waals surface area contributed by atoms with E-state index >= 15 is 0 Å². The van der Waals surface area contributed by atoms with Crippen LogP contribution in [0.5, 0.6) is 0 Å². The van der Waals surface area contributed by atoms with Gasteiger partial charge >= 0.3 is 6.03 Å². The smallest absolute Gasteiger partial charge is 0.317 e. The predicted molar refractivity (Wildman–Crippen MR) is 56.1 cm³/mol. The third-order valence-electron chi connectivity index (χ3n) is 3.43. The number of hydrogen-bond acceptors (Lipinski definition) is 1. The molecule has 80 valence electrons. The summed E-state index contributed by atoms with van der Waals surface area (Å²) in [7, 11) is 0. The van der Waals surface area contributed by atoms with Crippen LogP contribution in [0, 0.1) is 11.8 Å². The van der Waals surface area contributed by atoms with Crippen molar-refractivity contribution in [1.29, 1.82) is 0 Å². The van der Waals surface area contributed by atoms with Crippen molar-refractivity contribution in [2.45, 2.75) is 39.2 Å². The molecule has 0 aromatic carbocycles. The number of nitrogens with zero attached hydrogens (tertiary/aromatic N) is 1. The summed E-state index contributed by atoms with van der Waals surface area (Å²) in [6.45, 7) is 6.00. The lowest BCUT2D eigenvalue weighted by Gasteiger charge is -2.19. The van der Waals surface area contributed by atoms with Gasteiger partial charge in [-0.3, -0.25) is 0 Å². The van der Waals surface area contributed by atoms with Gasteiger partial charge in [0.25, 0.3) is 0 Å².